The highest BCUT2D eigenvalue weighted by molar-refractivity contribution is 5.78. The molecule has 1 fully saturated rings. The highest BCUT2D eigenvalue weighted by Crippen LogP contribution is 2.27. The Labute approximate surface area is 173 Å². The maximum atomic E-state index is 11.2. The van der Waals surface area contributed by atoms with Gasteiger partial charge in [-0.15, -0.1) is 0 Å². The molecule has 0 aromatic heterocycles. The Balaban J connectivity index is 1.57. The van der Waals surface area contributed by atoms with Crippen molar-refractivity contribution in [1.82, 2.24) is 0 Å². The first-order valence-corrected chi connectivity index (χ1v) is 10.4. The van der Waals surface area contributed by atoms with Crippen LogP contribution in [0.15, 0.2) is 72.8 Å². The van der Waals surface area contributed by atoms with Crippen LogP contribution in [0.1, 0.15) is 38.7 Å². The molecule has 0 aliphatic carbocycles. The Hall–Kier alpha value is -2.91. The highest BCUT2D eigenvalue weighted by atomic mass is 16.1. The van der Waals surface area contributed by atoms with Gasteiger partial charge in [0.25, 0.3) is 0 Å². The second kappa shape index (κ2) is 8.62. The molecule has 0 atom stereocenters. The number of hydrogen-bond acceptors (Lipinski definition) is 2. The molecule has 1 heterocycles. The fourth-order valence-corrected chi connectivity index (χ4v) is 4.82. The molecular formula is C26H29N2O+. The van der Waals surface area contributed by atoms with Gasteiger partial charge in [-0.1, -0.05) is 60.7 Å². The summed E-state index contributed by atoms with van der Waals surface area (Å²) in [6.45, 7) is 8.45. The van der Waals surface area contributed by atoms with Crippen LogP contribution in [0.25, 0.3) is 0 Å². The molecule has 148 valence electrons. The number of nitrogens with one attached hydrogen (secondary N) is 1. The zero-order chi connectivity index (χ0) is 20.2. The molecule has 0 saturated carbocycles. The van der Waals surface area contributed by atoms with E-state index in [0.717, 1.165) is 38.0 Å². The van der Waals surface area contributed by atoms with Gasteiger partial charge in [0, 0.05) is 22.4 Å². The lowest BCUT2D eigenvalue weighted by molar-refractivity contribution is -0.926. The van der Waals surface area contributed by atoms with Gasteiger partial charge >= 0.3 is 0 Å². The number of piperazine rings is 1. The molecule has 0 spiro atoms. The number of benzene rings is 3. The molecule has 3 aromatic rings. The van der Waals surface area contributed by atoms with Crippen LogP contribution in [-0.4, -0.2) is 32.5 Å². The number of nitrogens with zero attached hydrogens (tertiary/aromatic N) is 1. The minimum absolute atomic E-state index is 0.360. The average molecular weight is 386 g/mol. The minimum atomic E-state index is 0.360. The number of aryl methyl sites for hydroxylation is 2. The van der Waals surface area contributed by atoms with Crippen molar-refractivity contribution in [2.24, 2.45) is 0 Å². The molecule has 3 aromatic carbocycles. The fraction of sp³-hybridized carbons (Fsp3) is 0.269. The summed E-state index contributed by atoms with van der Waals surface area (Å²) in [6, 6.07) is 26.1. The molecule has 3 nitrogen and oxygen atoms in total. The number of quaternary nitrogens is 1. The van der Waals surface area contributed by atoms with Crippen molar-refractivity contribution in [1.29, 1.82) is 0 Å². The van der Waals surface area contributed by atoms with Gasteiger partial charge in [0.2, 0.25) is 0 Å². The van der Waals surface area contributed by atoms with Crippen LogP contribution < -0.4 is 9.80 Å². The van der Waals surface area contributed by atoms with E-state index in [0.29, 0.717) is 6.04 Å². The van der Waals surface area contributed by atoms with Crippen LogP contribution in [-0.2, 0) is 0 Å². The van der Waals surface area contributed by atoms with E-state index in [1.165, 1.54) is 27.9 Å². The van der Waals surface area contributed by atoms with Crippen molar-refractivity contribution in [3.63, 3.8) is 0 Å². The first kappa shape index (κ1) is 19.4. The highest BCUT2D eigenvalue weighted by Gasteiger charge is 2.30. The minimum Gasteiger partial charge on any atom is -0.360 e. The van der Waals surface area contributed by atoms with E-state index in [4.69, 9.17) is 0 Å². The first-order valence-electron chi connectivity index (χ1n) is 10.4. The summed E-state index contributed by atoms with van der Waals surface area (Å²) >= 11 is 0. The van der Waals surface area contributed by atoms with Crippen molar-refractivity contribution in [2.75, 3.05) is 31.1 Å². The Kier molecular flexibility index (Phi) is 5.77. The smallest absolute Gasteiger partial charge is 0.150 e. The van der Waals surface area contributed by atoms with Crippen LogP contribution in [0, 0.1) is 13.8 Å². The Bertz CT molecular complexity index is 898. The van der Waals surface area contributed by atoms with Crippen LogP contribution in [0.3, 0.4) is 0 Å². The molecule has 1 saturated heterocycles. The van der Waals surface area contributed by atoms with Gasteiger partial charge in [0.1, 0.15) is 12.3 Å². The van der Waals surface area contributed by atoms with Crippen molar-refractivity contribution >= 4 is 12.0 Å². The maximum Gasteiger partial charge on any atom is 0.150 e. The summed E-state index contributed by atoms with van der Waals surface area (Å²) in [5, 5.41) is 0. The second-order valence-corrected chi connectivity index (χ2v) is 8.02. The lowest BCUT2D eigenvalue weighted by atomic mass is 9.96. The molecule has 4 rings (SSSR count). The molecule has 0 bridgehead atoms. The Morgan fingerprint density at radius 1 is 0.828 bits per heavy atom. The summed E-state index contributed by atoms with van der Waals surface area (Å²) in [4.78, 5) is 15.3. The largest absolute Gasteiger partial charge is 0.360 e. The Morgan fingerprint density at radius 2 is 1.31 bits per heavy atom. The van der Waals surface area contributed by atoms with Crippen LogP contribution in [0.5, 0.6) is 0 Å². The third-order valence-corrected chi connectivity index (χ3v) is 6.05. The molecule has 0 unspecified atom stereocenters. The van der Waals surface area contributed by atoms with Crippen molar-refractivity contribution in [3.05, 3.63) is 101 Å². The standard InChI is InChI=1S/C26H28N2O/c1-20-17-22(19-29)18-21(2)25(20)27-13-15-28(16-14-27)26(23-9-5-3-6-10-23)24-11-7-4-8-12-24/h3-12,17-19,26H,13-16H2,1-2H3/p+1. The first-order chi connectivity index (χ1) is 14.2. The van der Waals surface area contributed by atoms with E-state index in [-0.39, 0.29) is 0 Å². The van der Waals surface area contributed by atoms with Crippen LogP contribution in [0.2, 0.25) is 0 Å². The number of hydrogen-bond donors (Lipinski definition) is 1. The van der Waals surface area contributed by atoms with E-state index < -0.39 is 0 Å². The van der Waals surface area contributed by atoms with Crippen molar-refractivity contribution < 1.29 is 9.69 Å². The SMILES string of the molecule is Cc1cc(C=O)cc(C)c1N1CC[NH+](C(c2ccccc2)c2ccccc2)CC1. The van der Waals surface area contributed by atoms with E-state index >= 15 is 0 Å². The summed E-state index contributed by atoms with van der Waals surface area (Å²) in [7, 11) is 0. The van der Waals surface area contributed by atoms with E-state index in [2.05, 4.69) is 79.4 Å². The number of carbonyl (C=O) groups is 1. The molecule has 1 aliphatic rings. The van der Waals surface area contributed by atoms with Gasteiger partial charge in [-0.05, 0) is 37.1 Å². The monoisotopic (exact) mass is 385 g/mol. The number of aldehydes is 1. The molecule has 29 heavy (non-hydrogen) atoms. The number of rotatable bonds is 5. The lowest BCUT2D eigenvalue weighted by Gasteiger charge is -2.39. The van der Waals surface area contributed by atoms with Gasteiger partial charge in [-0.25, -0.2) is 0 Å². The van der Waals surface area contributed by atoms with E-state index in [1.54, 1.807) is 4.90 Å². The van der Waals surface area contributed by atoms with E-state index in [1.807, 2.05) is 12.1 Å². The van der Waals surface area contributed by atoms with Gasteiger partial charge in [0.05, 0.1) is 26.2 Å². The normalized spacial score (nSPS) is 14.9. The topological polar surface area (TPSA) is 24.8 Å². The van der Waals surface area contributed by atoms with Gasteiger partial charge in [-0.2, -0.15) is 0 Å². The summed E-state index contributed by atoms with van der Waals surface area (Å²) in [5.41, 5.74) is 7.21. The lowest BCUT2D eigenvalue weighted by Crippen LogP contribution is -3.15. The zero-order valence-electron chi connectivity index (χ0n) is 17.3. The predicted octanol–water partition coefficient (Wildman–Crippen LogP) is 3.61. The molecule has 0 radical (unpaired) electrons. The molecule has 1 aliphatic heterocycles. The Morgan fingerprint density at radius 3 is 1.76 bits per heavy atom. The predicted molar refractivity (Wildman–Crippen MR) is 119 cm³/mol. The van der Waals surface area contributed by atoms with Gasteiger partial charge in [-0.3, -0.25) is 4.79 Å². The van der Waals surface area contributed by atoms with Crippen LogP contribution >= 0.6 is 0 Å². The molecule has 0 amide bonds. The fourth-order valence-electron chi connectivity index (χ4n) is 4.82. The van der Waals surface area contributed by atoms with Gasteiger partial charge in [0.15, 0.2) is 0 Å². The number of anilines is 1. The van der Waals surface area contributed by atoms with Crippen molar-refractivity contribution in [2.45, 2.75) is 19.9 Å². The molecular weight excluding hydrogens is 356 g/mol. The summed E-state index contributed by atoms with van der Waals surface area (Å²) in [6.07, 6.45) is 0.941. The third-order valence-electron chi connectivity index (χ3n) is 6.05. The third kappa shape index (κ3) is 4.10. The van der Waals surface area contributed by atoms with Crippen LogP contribution in [0.4, 0.5) is 5.69 Å². The zero-order valence-corrected chi connectivity index (χ0v) is 17.3. The summed E-state index contributed by atoms with van der Waals surface area (Å²) in [5.74, 6) is 0. The van der Waals surface area contributed by atoms with Gasteiger partial charge < -0.3 is 9.80 Å². The quantitative estimate of drug-likeness (QED) is 0.679. The number of carbonyl (C=O) groups excluding carboxylic acids is 1. The van der Waals surface area contributed by atoms with Crippen molar-refractivity contribution in [3.8, 4) is 0 Å². The summed E-state index contributed by atoms with van der Waals surface area (Å²) < 4.78 is 0. The van der Waals surface area contributed by atoms with E-state index in [9.17, 15) is 4.79 Å². The maximum absolute atomic E-state index is 11.2. The molecule has 3 heteroatoms. The molecule has 1 N–H and O–H groups in total. The average Bonchev–Trinajstić information content (AvgIpc) is 2.76. The second-order valence-electron chi connectivity index (χ2n) is 8.02.